The van der Waals surface area contributed by atoms with E-state index in [-0.39, 0.29) is 9.78 Å². The van der Waals surface area contributed by atoms with E-state index in [1.807, 2.05) is 0 Å². The summed E-state index contributed by atoms with van der Waals surface area (Å²) in [4.78, 5) is 36.5. The summed E-state index contributed by atoms with van der Waals surface area (Å²) in [6.07, 6.45) is -5.37. The van der Waals surface area contributed by atoms with Crippen molar-refractivity contribution < 1.29 is 31.9 Å². The predicted molar refractivity (Wildman–Crippen MR) is 83.0 cm³/mol. The molecule has 2 heterocycles. The number of benzene rings is 1. The standard InChI is InChI=1S/C15H9F4N3O3S/c16-8-4-1-2-5-9(8)22-12(24)14(15(17,18)19,21-13(22)25)20-11(23)10-6-3-7-26-10/h1-7H,(H,20,23)(H,21,25)/t14-/m0/s1. The van der Waals surface area contributed by atoms with Crippen molar-refractivity contribution >= 4 is 34.9 Å². The second-order valence-corrected chi connectivity index (χ2v) is 6.15. The molecule has 1 atom stereocenters. The topological polar surface area (TPSA) is 78.5 Å². The molecule has 2 N–H and O–H groups in total. The van der Waals surface area contributed by atoms with Crippen molar-refractivity contribution in [3.8, 4) is 0 Å². The number of carbonyl (C=O) groups is 3. The molecule has 3 rings (SSSR count). The molecule has 2 aromatic rings. The van der Waals surface area contributed by atoms with Gasteiger partial charge >= 0.3 is 12.2 Å². The number of amides is 4. The van der Waals surface area contributed by atoms with Crippen molar-refractivity contribution in [2.45, 2.75) is 11.8 Å². The lowest BCUT2D eigenvalue weighted by molar-refractivity contribution is -0.197. The molecule has 0 radical (unpaired) electrons. The van der Waals surface area contributed by atoms with E-state index in [2.05, 4.69) is 0 Å². The average molecular weight is 387 g/mol. The van der Waals surface area contributed by atoms with E-state index >= 15 is 0 Å². The third kappa shape index (κ3) is 2.69. The quantitative estimate of drug-likeness (QED) is 0.628. The van der Waals surface area contributed by atoms with Crippen LogP contribution in [0.3, 0.4) is 0 Å². The number of nitrogens with zero attached hydrogens (tertiary/aromatic N) is 1. The van der Waals surface area contributed by atoms with Crippen LogP contribution in [0, 0.1) is 5.82 Å². The Morgan fingerprint density at radius 1 is 1.15 bits per heavy atom. The summed E-state index contributed by atoms with van der Waals surface area (Å²) in [5, 5.41) is 4.43. The maximum atomic E-state index is 13.9. The number of thiophene rings is 1. The van der Waals surface area contributed by atoms with E-state index in [1.165, 1.54) is 40.3 Å². The number of para-hydroxylation sites is 1. The molecule has 0 unspecified atom stereocenters. The molecule has 1 aliphatic heterocycles. The van der Waals surface area contributed by atoms with Crippen LogP contribution in [0.25, 0.3) is 0 Å². The third-order valence-corrected chi connectivity index (χ3v) is 4.45. The van der Waals surface area contributed by atoms with Gasteiger partial charge in [-0.15, -0.1) is 11.3 Å². The Labute approximate surface area is 147 Å². The minimum atomic E-state index is -5.37. The second kappa shape index (κ2) is 6.09. The molecule has 1 aromatic carbocycles. The Hall–Kier alpha value is -2.95. The zero-order valence-corrected chi connectivity index (χ0v) is 13.5. The van der Waals surface area contributed by atoms with Crippen LogP contribution in [-0.2, 0) is 4.79 Å². The van der Waals surface area contributed by atoms with E-state index in [1.54, 1.807) is 0 Å². The Balaban J connectivity index is 2.04. The molecule has 1 saturated heterocycles. The van der Waals surface area contributed by atoms with E-state index in [0.717, 1.165) is 23.5 Å². The van der Waals surface area contributed by atoms with E-state index in [0.29, 0.717) is 0 Å². The van der Waals surface area contributed by atoms with Gasteiger partial charge in [-0.3, -0.25) is 14.9 Å². The van der Waals surface area contributed by atoms with Crippen molar-refractivity contribution in [3.05, 3.63) is 52.5 Å². The molecular formula is C15H9F4N3O3S. The number of halogens is 4. The molecule has 0 spiro atoms. The van der Waals surface area contributed by atoms with Gasteiger partial charge in [0.05, 0.1) is 10.6 Å². The summed E-state index contributed by atoms with van der Waals surface area (Å²) >= 11 is 0.848. The first-order chi connectivity index (χ1) is 12.2. The van der Waals surface area contributed by atoms with Crippen LogP contribution in [0.1, 0.15) is 9.67 Å². The van der Waals surface area contributed by atoms with Gasteiger partial charge in [0.2, 0.25) is 0 Å². The minimum absolute atomic E-state index is 0.0114. The number of carbonyl (C=O) groups excluding carboxylic acids is 3. The second-order valence-electron chi connectivity index (χ2n) is 5.20. The highest BCUT2D eigenvalue weighted by Gasteiger charge is 2.69. The molecule has 1 aliphatic rings. The van der Waals surface area contributed by atoms with E-state index < -0.39 is 41.2 Å². The van der Waals surface area contributed by atoms with Crippen LogP contribution in [0.15, 0.2) is 41.8 Å². The van der Waals surface area contributed by atoms with E-state index in [4.69, 9.17) is 0 Å². The van der Waals surface area contributed by atoms with Gasteiger partial charge < -0.3 is 5.32 Å². The Bertz CT molecular complexity index is 885. The average Bonchev–Trinajstić information content (AvgIpc) is 3.16. The van der Waals surface area contributed by atoms with Crippen molar-refractivity contribution in [3.63, 3.8) is 0 Å². The summed E-state index contributed by atoms with van der Waals surface area (Å²) in [5.74, 6) is -4.13. The maximum absolute atomic E-state index is 13.9. The normalized spacial score (nSPS) is 20.2. The number of imide groups is 1. The van der Waals surface area contributed by atoms with Crippen LogP contribution in [0.2, 0.25) is 0 Å². The lowest BCUT2D eigenvalue weighted by Gasteiger charge is -2.29. The van der Waals surface area contributed by atoms with Crippen molar-refractivity contribution in [2.75, 3.05) is 4.90 Å². The van der Waals surface area contributed by atoms with Gasteiger partial charge in [0.1, 0.15) is 5.82 Å². The number of anilines is 1. The Morgan fingerprint density at radius 2 is 1.85 bits per heavy atom. The van der Waals surface area contributed by atoms with Crippen molar-refractivity contribution in [1.29, 1.82) is 0 Å². The molecule has 0 bridgehead atoms. The van der Waals surface area contributed by atoms with E-state index in [9.17, 15) is 31.9 Å². The predicted octanol–water partition coefficient (Wildman–Crippen LogP) is 2.63. The number of rotatable bonds is 3. The zero-order valence-electron chi connectivity index (χ0n) is 12.6. The van der Waals surface area contributed by atoms with Gasteiger partial charge in [-0.2, -0.15) is 13.2 Å². The number of hydrogen-bond acceptors (Lipinski definition) is 4. The summed E-state index contributed by atoms with van der Waals surface area (Å²) in [6, 6.07) is 5.52. The first-order valence-corrected chi connectivity index (χ1v) is 7.89. The number of urea groups is 1. The van der Waals surface area contributed by atoms with Crippen molar-refractivity contribution in [1.82, 2.24) is 10.6 Å². The summed E-state index contributed by atoms with van der Waals surface area (Å²) in [5.41, 5.74) is -4.36. The highest BCUT2D eigenvalue weighted by Crippen LogP contribution is 2.36. The molecule has 1 aromatic heterocycles. The first-order valence-electron chi connectivity index (χ1n) is 7.01. The van der Waals surface area contributed by atoms with Gasteiger partial charge in [0.25, 0.3) is 17.5 Å². The highest BCUT2D eigenvalue weighted by molar-refractivity contribution is 7.12. The zero-order chi connectivity index (χ0) is 19.1. The van der Waals surface area contributed by atoms with Gasteiger partial charge in [-0.25, -0.2) is 14.1 Å². The summed E-state index contributed by atoms with van der Waals surface area (Å²) < 4.78 is 54.9. The SMILES string of the molecule is O=C(N[C@]1(C(F)(F)F)NC(=O)N(c2ccccc2F)C1=O)c1cccs1. The monoisotopic (exact) mass is 387 g/mol. The summed E-state index contributed by atoms with van der Waals surface area (Å²) in [6.45, 7) is 0. The van der Waals surface area contributed by atoms with Crippen LogP contribution in [0.5, 0.6) is 0 Å². The molecule has 0 aliphatic carbocycles. The number of nitrogens with one attached hydrogen (secondary N) is 2. The molecule has 11 heteroatoms. The number of alkyl halides is 3. The molecule has 0 saturated carbocycles. The van der Waals surface area contributed by atoms with Crippen LogP contribution < -0.4 is 15.5 Å². The highest BCUT2D eigenvalue weighted by atomic mass is 32.1. The molecule has 136 valence electrons. The molecule has 6 nitrogen and oxygen atoms in total. The smallest absolute Gasteiger partial charge is 0.313 e. The fourth-order valence-corrected chi connectivity index (χ4v) is 2.99. The maximum Gasteiger partial charge on any atom is 0.440 e. The first kappa shape index (κ1) is 17.9. The van der Waals surface area contributed by atoms with Gasteiger partial charge in [0.15, 0.2) is 0 Å². The minimum Gasteiger partial charge on any atom is -0.313 e. The lowest BCUT2D eigenvalue weighted by atomic mass is 10.1. The van der Waals surface area contributed by atoms with Crippen LogP contribution in [0.4, 0.5) is 28.0 Å². The van der Waals surface area contributed by atoms with Crippen LogP contribution >= 0.6 is 11.3 Å². The fraction of sp³-hybridized carbons (Fsp3) is 0.133. The van der Waals surface area contributed by atoms with Crippen molar-refractivity contribution in [2.24, 2.45) is 0 Å². The largest absolute Gasteiger partial charge is 0.440 e. The molecular weight excluding hydrogens is 378 g/mol. The Kier molecular flexibility index (Phi) is 4.18. The fourth-order valence-electron chi connectivity index (χ4n) is 2.37. The van der Waals surface area contributed by atoms with Gasteiger partial charge in [0, 0.05) is 0 Å². The molecule has 26 heavy (non-hydrogen) atoms. The Morgan fingerprint density at radius 3 is 2.42 bits per heavy atom. The molecule has 4 amide bonds. The number of hydrogen-bond donors (Lipinski definition) is 2. The summed E-state index contributed by atoms with van der Waals surface area (Å²) in [7, 11) is 0. The van der Waals surface area contributed by atoms with Crippen LogP contribution in [-0.4, -0.2) is 29.7 Å². The molecule has 1 fully saturated rings. The third-order valence-electron chi connectivity index (χ3n) is 3.59. The lowest BCUT2D eigenvalue weighted by Crippen LogP contribution is -2.69. The van der Waals surface area contributed by atoms with Gasteiger partial charge in [-0.1, -0.05) is 18.2 Å². The van der Waals surface area contributed by atoms with Gasteiger partial charge in [-0.05, 0) is 23.6 Å².